The SMILES string of the molecule is CCOc1cc(N2C=NN(C)CC2)c(C)cc1N. The average molecular weight is 248 g/mol. The summed E-state index contributed by atoms with van der Waals surface area (Å²) in [6.07, 6.45) is 1.84. The summed E-state index contributed by atoms with van der Waals surface area (Å²) in [5, 5.41) is 6.21. The molecule has 0 aliphatic carbocycles. The summed E-state index contributed by atoms with van der Waals surface area (Å²) in [4.78, 5) is 2.12. The molecule has 1 aliphatic rings. The van der Waals surface area contributed by atoms with E-state index in [0.717, 1.165) is 30.1 Å². The van der Waals surface area contributed by atoms with E-state index in [2.05, 4.69) is 10.0 Å². The first-order valence-corrected chi connectivity index (χ1v) is 6.16. The Labute approximate surface area is 108 Å². The lowest BCUT2D eigenvalue weighted by Crippen LogP contribution is -2.36. The summed E-state index contributed by atoms with van der Waals surface area (Å²) in [5.41, 5.74) is 8.86. The molecule has 2 rings (SSSR count). The van der Waals surface area contributed by atoms with Crippen molar-refractivity contribution in [1.29, 1.82) is 0 Å². The van der Waals surface area contributed by atoms with Crippen LogP contribution in [0.25, 0.3) is 0 Å². The number of nitrogens with zero attached hydrogens (tertiary/aromatic N) is 3. The highest BCUT2D eigenvalue weighted by Crippen LogP contribution is 2.31. The van der Waals surface area contributed by atoms with E-state index in [1.807, 2.05) is 44.4 Å². The zero-order valence-corrected chi connectivity index (χ0v) is 11.2. The van der Waals surface area contributed by atoms with Crippen molar-refractivity contribution in [1.82, 2.24) is 5.01 Å². The van der Waals surface area contributed by atoms with Gasteiger partial charge in [0, 0.05) is 25.3 Å². The van der Waals surface area contributed by atoms with Gasteiger partial charge < -0.3 is 15.4 Å². The summed E-state index contributed by atoms with van der Waals surface area (Å²) in [7, 11) is 1.97. The third-order valence-corrected chi connectivity index (χ3v) is 2.99. The molecule has 0 atom stereocenters. The summed E-state index contributed by atoms with van der Waals surface area (Å²) < 4.78 is 5.54. The van der Waals surface area contributed by atoms with Gasteiger partial charge >= 0.3 is 0 Å². The zero-order valence-electron chi connectivity index (χ0n) is 11.2. The van der Waals surface area contributed by atoms with Crippen molar-refractivity contribution in [3.8, 4) is 5.75 Å². The number of nitrogens with two attached hydrogens (primary N) is 1. The number of anilines is 2. The second kappa shape index (κ2) is 5.16. The van der Waals surface area contributed by atoms with Crippen LogP contribution in [0, 0.1) is 6.92 Å². The van der Waals surface area contributed by atoms with Crippen LogP contribution in [-0.4, -0.2) is 38.1 Å². The normalized spacial score (nSPS) is 15.1. The Morgan fingerprint density at radius 2 is 2.17 bits per heavy atom. The minimum Gasteiger partial charge on any atom is -0.492 e. The number of aryl methyl sites for hydroxylation is 1. The largest absolute Gasteiger partial charge is 0.492 e. The summed E-state index contributed by atoms with van der Waals surface area (Å²) in [6, 6.07) is 3.94. The number of hydrazone groups is 1. The van der Waals surface area contributed by atoms with Crippen molar-refractivity contribution in [2.75, 3.05) is 37.4 Å². The Bertz CT molecular complexity index is 459. The monoisotopic (exact) mass is 248 g/mol. The molecule has 0 aromatic heterocycles. The molecular weight excluding hydrogens is 228 g/mol. The number of hydrogen-bond donors (Lipinski definition) is 1. The third kappa shape index (κ3) is 2.50. The van der Waals surface area contributed by atoms with Gasteiger partial charge in [0.1, 0.15) is 12.1 Å². The Morgan fingerprint density at radius 1 is 1.39 bits per heavy atom. The molecule has 2 N–H and O–H groups in total. The second-order valence-electron chi connectivity index (χ2n) is 4.42. The van der Waals surface area contributed by atoms with Crippen LogP contribution in [0.2, 0.25) is 0 Å². The molecule has 1 aromatic carbocycles. The topological polar surface area (TPSA) is 54.1 Å². The molecule has 0 saturated heterocycles. The van der Waals surface area contributed by atoms with E-state index in [-0.39, 0.29) is 0 Å². The van der Waals surface area contributed by atoms with E-state index in [0.29, 0.717) is 12.3 Å². The van der Waals surface area contributed by atoms with Gasteiger partial charge in [0.05, 0.1) is 18.8 Å². The summed E-state index contributed by atoms with van der Waals surface area (Å²) in [6.45, 7) is 6.44. The first-order valence-electron chi connectivity index (χ1n) is 6.16. The van der Waals surface area contributed by atoms with Crippen LogP contribution in [0.5, 0.6) is 5.75 Å². The number of ether oxygens (including phenoxy) is 1. The van der Waals surface area contributed by atoms with Gasteiger partial charge in [-0.25, -0.2) is 0 Å². The first kappa shape index (κ1) is 12.5. The second-order valence-corrected chi connectivity index (χ2v) is 4.42. The van der Waals surface area contributed by atoms with E-state index >= 15 is 0 Å². The van der Waals surface area contributed by atoms with Crippen molar-refractivity contribution in [3.05, 3.63) is 17.7 Å². The number of rotatable bonds is 3. The fourth-order valence-corrected chi connectivity index (χ4v) is 1.99. The van der Waals surface area contributed by atoms with Gasteiger partial charge in [-0.2, -0.15) is 5.10 Å². The van der Waals surface area contributed by atoms with Gasteiger partial charge in [0.2, 0.25) is 0 Å². The molecule has 5 heteroatoms. The molecule has 1 aliphatic heterocycles. The minimum absolute atomic E-state index is 0.615. The van der Waals surface area contributed by atoms with Crippen molar-refractivity contribution in [2.24, 2.45) is 5.10 Å². The quantitative estimate of drug-likeness (QED) is 0.827. The molecule has 1 heterocycles. The highest BCUT2D eigenvalue weighted by molar-refractivity contribution is 5.83. The number of benzene rings is 1. The third-order valence-electron chi connectivity index (χ3n) is 2.99. The summed E-state index contributed by atoms with van der Waals surface area (Å²) >= 11 is 0. The molecule has 0 spiro atoms. The maximum Gasteiger partial charge on any atom is 0.144 e. The van der Waals surface area contributed by atoms with Crippen molar-refractivity contribution in [2.45, 2.75) is 13.8 Å². The Hall–Kier alpha value is -1.91. The van der Waals surface area contributed by atoms with Crippen LogP contribution in [0.1, 0.15) is 12.5 Å². The molecule has 98 valence electrons. The Kier molecular flexibility index (Phi) is 3.60. The van der Waals surface area contributed by atoms with Gasteiger partial charge in [0.25, 0.3) is 0 Å². The van der Waals surface area contributed by atoms with Gasteiger partial charge in [-0.15, -0.1) is 0 Å². The zero-order chi connectivity index (χ0) is 13.1. The maximum atomic E-state index is 5.94. The first-order chi connectivity index (χ1) is 8.61. The van der Waals surface area contributed by atoms with E-state index < -0.39 is 0 Å². The van der Waals surface area contributed by atoms with Gasteiger partial charge in [-0.1, -0.05) is 0 Å². The fourth-order valence-electron chi connectivity index (χ4n) is 1.99. The molecule has 0 radical (unpaired) electrons. The van der Waals surface area contributed by atoms with Crippen LogP contribution in [-0.2, 0) is 0 Å². The van der Waals surface area contributed by atoms with Gasteiger partial charge in [-0.3, -0.25) is 5.01 Å². The van der Waals surface area contributed by atoms with Crippen LogP contribution in [0.15, 0.2) is 17.2 Å². The highest BCUT2D eigenvalue weighted by atomic mass is 16.5. The molecule has 1 aromatic rings. The van der Waals surface area contributed by atoms with Crippen molar-refractivity contribution in [3.63, 3.8) is 0 Å². The van der Waals surface area contributed by atoms with Crippen LogP contribution in [0.4, 0.5) is 11.4 Å². The van der Waals surface area contributed by atoms with Crippen molar-refractivity contribution >= 4 is 17.7 Å². The number of hydrogen-bond acceptors (Lipinski definition) is 5. The smallest absolute Gasteiger partial charge is 0.144 e. The summed E-state index contributed by atoms with van der Waals surface area (Å²) in [5.74, 6) is 0.741. The maximum absolute atomic E-state index is 5.94. The fraction of sp³-hybridized carbons (Fsp3) is 0.462. The van der Waals surface area contributed by atoms with E-state index in [4.69, 9.17) is 10.5 Å². The lowest BCUT2D eigenvalue weighted by atomic mass is 10.1. The highest BCUT2D eigenvalue weighted by Gasteiger charge is 2.14. The Morgan fingerprint density at radius 3 is 2.78 bits per heavy atom. The van der Waals surface area contributed by atoms with Crippen LogP contribution < -0.4 is 15.4 Å². The minimum atomic E-state index is 0.615. The average Bonchev–Trinajstić information content (AvgIpc) is 2.34. The van der Waals surface area contributed by atoms with Gasteiger partial charge in [0.15, 0.2) is 0 Å². The predicted molar refractivity (Wildman–Crippen MR) is 75.2 cm³/mol. The van der Waals surface area contributed by atoms with E-state index in [1.54, 1.807) is 0 Å². The van der Waals surface area contributed by atoms with E-state index in [1.165, 1.54) is 0 Å². The molecule has 0 bridgehead atoms. The lowest BCUT2D eigenvalue weighted by Gasteiger charge is -2.29. The number of likely N-dealkylation sites (N-methyl/N-ethyl adjacent to an activating group) is 1. The van der Waals surface area contributed by atoms with E-state index in [9.17, 15) is 0 Å². The molecule has 18 heavy (non-hydrogen) atoms. The van der Waals surface area contributed by atoms with Crippen molar-refractivity contribution < 1.29 is 4.74 Å². The predicted octanol–water partition coefficient (Wildman–Crippen LogP) is 1.67. The number of nitrogen functional groups attached to an aromatic ring is 1. The standard InChI is InChI=1S/C13H20N4O/c1-4-18-13-8-12(10(2)7-11(13)14)17-6-5-16(3)15-9-17/h7-9H,4-6,14H2,1-3H3. The molecule has 0 fully saturated rings. The van der Waals surface area contributed by atoms with Crippen LogP contribution >= 0.6 is 0 Å². The molecule has 0 amide bonds. The van der Waals surface area contributed by atoms with Crippen LogP contribution in [0.3, 0.4) is 0 Å². The molecular formula is C13H20N4O. The molecule has 0 unspecified atom stereocenters. The molecule has 0 saturated carbocycles. The lowest BCUT2D eigenvalue weighted by molar-refractivity contribution is 0.341. The Balaban J connectivity index is 2.32. The van der Waals surface area contributed by atoms with Gasteiger partial charge in [-0.05, 0) is 25.5 Å². The molecule has 5 nitrogen and oxygen atoms in total.